The number of nitrogens with one attached hydrogen (secondary N) is 2. The summed E-state index contributed by atoms with van der Waals surface area (Å²) >= 11 is 1.67. The highest BCUT2D eigenvalue weighted by atomic mass is 32.1. The summed E-state index contributed by atoms with van der Waals surface area (Å²) < 4.78 is 16.2. The van der Waals surface area contributed by atoms with Crippen LogP contribution in [0.3, 0.4) is 0 Å². The normalized spacial score (nSPS) is 11.2. The van der Waals surface area contributed by atoms with Gasteiger partial charge >= 0.3 is 0 Å². The molecule has 0 radical (unpaired) electrons. The third kappa shape index (κ3) is 5.26. The molecule has 2 rings (SSSR count). The molecule has 0 bridgehead atoms. The average Bonchev–Trinajstić information content (AvgIpc) is 3.08. The Labute approximate surface area is 158 Å². The number of aryl methyl sites for hydroxylation is 1. The van der Waals surface area contributed by atoms with E-state index in [1.165, 1.54) is 4.88 Å². The van der Waals surface area contributed by atoms with Gasteiger partial charge in [-0.05, 0) is 13.8 Å². The van der Waals surface area contributed by atoms with E-state index in [0.29, 0.717) is 36.3 Å². The van der Waals surface area contributed by atoms with Gasteiger partial charge in [0, 0.05) is 29.8 Å². The van der Waals surface area contributed by atoms with Gasteiger partial charge < -0.3 is 24.8 Å². The second kappa shape index (κ2) is 9.86. The summed E-state index contributed by atoms with van der Waals surface area (Å²) in [4.78, 5) is 10.2. The van der Waals surface area contributed by atoms with Crippen molar-refractivity contribution in [1.29, 1.82) is 0 Å². The van der Waals surface area contributed by atoms with Crippen LogP contribution in [0.15, 0.2) is 23.3 Å². The third-order valence-corrected chi connectivity index (χ3v) is 4.55. The van der Waals surface area contributed by atoms with Crippen LogP contribution in [0.4, 0.5) is 0 Å². The van der Waals surface area contributed by atoms with Crippen LogP contribution >= 0.6 is 11.3 Å². The number of methoxy groups -OCH3 is 3. The van der Waals surface area contributed by atoms with E-state index in [-0.39, 0.29) is 0 Å². The summed E-state index contributed by atoms with van der Waals surface area (Å²) in [5.74, 6) is 2.74. The molecular weight excluding hydrogens is 352 g/mol. The SMILES string of the molecule is CCNC(=NCc1c(OC)cc(OC)cc1OC)NCc1ncc(C)s1. The quantitative estimate of drug-likeness (QED) is 0.543. The Morgan fingerprint density at radius 3 is 2.31 bits per heavy atom. The molecule has 8 heteroatoms. The molecule has 0 fully saturated rings. The molecule has 0 saturated heterocycles. The number of rotatable bonds is 8. The van der Waals surface area contributed by atoms with E-state index in [2.05, 4.69) is 20.6 Å². The number of guanidine groups is 1. The molecule has 0 unspecified atom stereocenters. The van der Waals surface area contributed by atoms with Crippen LogP contribution in [0.5, 0.6) is 17.2 Å². The van der Waals surface area contributed by atoms with Crippen LogP contribution in [0.2, 0.25) is 0 Å². The largest absolute Gasteiger partial charge is 0.496 e. The fraction of sp³-hybridized carbons (Fsp3) is 0.444. The third-order valence-electron chi connectivity index (χ3n) is 3.63. The first kappa shape index (κ1) is 19.8. The summed E-state index contributed by atoms with van der Waals surface area (Å²) in [5.41, 5.74) is 0.859. The van der Waals surface area contributed by atoms with Crippen molar-refractivity contribution in [3.05, 3.63) is 33.8 Å². The zero-order chi connectivity index (χ0) is 18.9. The Bertz CT molecular complexity index is 721. The topological polar surface area (TPSA) is 77.0 Å². The van der Waals surface area contributed by atoms with E-state index < -0.39 is 0 Å². The smallest absolute Gasteiger partial charge is 0.191 e. The van der Waals surface area contributed by atoms with E-state index in [0.717, 1.165) is 17.1 Å². The van der Waals surface area contributed by atoms with Gasteiger partial charge in [0.15, 0.2) is 5.96 Å². The highest BCUT2D eigenvalue weighted by Gasteiger charge is 2.13. The van der Waals surface area contributed by atoms with E-state index in [1.54, 1.807) is 32.7 Å². The number of aromatic nitrogens is 1. The fourth-order valence-corrected chi connectivity index (χ4v) is 3.10. The molecule has 1 aromatic carbocycles. The molecule has 1 aromatic heterocycles. The molecule has 7 nitrogen and oxygen atoms in total. The van der Waals surface area contributed by atoms with Crippen molar-refractivity contribution in [3.8, 4) is 17.2 Å². The van der Waals surface area contributed by atoms with Crippen LogP contribution in [0.1, 0.15) is 22.4 Å². The van der Waals surface area contributed by atoms with Gasteiger partial charge in [0.05, 0.1) is 40.0 Å². The number of benzene rings is 1. The lowest BCUT2D eigenvalue weighted by Crippen LogP contribution is -2.36. The molecule has 0 aliphatic carbocycles. The summed E-state index contributed by atoms with van der Waals surface area (Å²) in [6.45, 7) is 5.87. The highest BCUT2D eigenvalue weighted by Crippen LogP contribution is 2.34. The Morgan fingerprint density at radius 2 is 1.81 bits per heavy atom. The lowest BCUT2D eigenvalue weighted by Gasteiger charge is -2.15. The van der Waals surface area contributed by atoms with E-state index in [1.807, 2.05) is 32.2 Å². The minimum absolute atomic E-state index is 0.405. The van der Waals surface area contributed by atoms with Gasteiger partial charge in [-0.25, -0.2) is 9.98 Å². The van der Waals surface area contributed by atoms with Gasteiger partial charge in [0.2, 0.25) is 0 Å². The second-order valence-electron chi connectivity index (χ2n) is 5.42. The first-order valence-electron chi connectivity index (χ1n) is 8.33. The van der Waals surface area contributed by atoms with Crippen molar-refractivity contribution in [1.82, 2.24) is 15.6 Å². The number of thiazole rings is 1. The number of hydrogen-bond acceptors (Lipinski definition) is 6. The lowest BCUT2D eigenvalue weighted by molar-refractivity contribution is 0.369. The summed E-state index contributed by atoms with van der Waals surface area (Å²) in [6, 6.07) is 3.65. The summed E-state index contributed by atoms with van der Waals surface area (Å²) in [5, 5.41) is 7.56. The van der Waals surface area contributed by atoms with E-state index >= 15 is 0 Å². The van der Waals surface area contributed by atoms with Crippen molar-refractivity contribution in [2.45, 2.75) is 26.9 Å². The van der Waals surface area contributed by atoms with Crippen molar-refractivity contribution in [2.24, 2.45) is 4.99 Å². The Hall–Kier alpha value is -2.48. The van der Waals surface area contributed by atoms with E-state index in [9.17, 15) is 0 Å². The highest BCUT2D eigenvalue weighted by molar-refractivity contribution is 7.11. The van der Waals surface area contributed by atoms with Crippen LogP contribution in [0.25, 0.3) is 0 Å². The molecule has 0 aliphatic rings. The Kier molecular flexibility index (Phi) is 7.53. The number of nitrogens with zero attached hydrogens (tertiary/aromatic N) is 2. The van der Waals surface area contributed by atoms with Crippen molar-refractivity contribution in [2.75, 3.05) is 27.9 Å². The summed E-state index contributed by atoms with van der Waals surface area (Å²) in [7, 11) is 4.85. The molecule has 2 N–H and O–H groups in total. The van der Waals surface area contributed by atoms with Gasteiger partial charge in [-0.15, -0.1) is 11.3 Å². The van der Waals surface area contributed by atoms with Gasteiger partial charge in [-0.2, -0.15) is 0 Å². The zero-order valence-electron chi connectivity index (χ0n) is 15.9. The maximum atomic E-state index is 5.48. The first-order chi connectivity index (χ1) is 12.6. The van der Waals surface area contributed by atoms with Crippen molar-refractivity contribution in [3.63, 3.8) is 0 Å². The van der Waals surface area contributed by atoms with Gasteiger partial charge in [0.1, 0.15) is 22.3 Å². The predicted molar refractivity (Wildman–Crippen MR) is 105 cm³/mol. The fourth-order valence-electron chi connectivity index (χ4n) is 2.38. The molecular formula is C18H26N4O3S. The van der Waals surface area contributed by atoms with Crippen LogP contribution < -0.4 is 24.8 Å². The Morgan fingerprint density at radius 1 is 1.12 bits per heavy atom. The summed E-state index contributed by atoms with van der Waals surface area (Å²) in [6.07, 6.45) is 1.87. The molecule has 0 atom stereocenters. The number of ether oxygens (including phenoxy) is 3. The molecule has 2 aromatic rings. The van der Waals surface area contributed by atoms with Crippen LogP contribution in [0, 0.1) is 6.92 Å². The zero-order valence-corrected chi connectivity index (χ0v) is 16.7. The monoisotopic (exact) mass is 378 g/mol. The maximum absolute atomic E-state index is 5.48. The minimum atomic E-state index is 0.405. The van der Waals surface area contributed by atoms with Crippen LogP contribution in [-0.2, 0) is 13.1 Å². The lowest BCUT2D eigenvalue weighted by atomic mass is 10.1. The second-order valence-corrected chi connectivity index (χ2v) is 6.74. The van der Waals surface area contributed by atoms with Gasteiger partial charge in [-0.1, -0.05) is 0 Å². The minimum Gasteiger partial charge on any atom is -0.496 e. The molecule has 0 amide bonds. The van der Waals surface area contributed by atoms with Crippen LogP contribution in [-0.4, -0.2) is 38.8 Å². The maximum Gasteiger partial charge on any atom is 0.191 e. The molecule has 1 heterocycles. The standard InChI is InChI=1S/C18H26N4O3S/c1-6-19-18(22-11-17-20-9-12(2)26-17)21-10-14-15(24-4)7-13(23-3)8-16(14)25-5/h7-9H,6,10-11H2,1-5H3,(H2,19,21,22). The van der Waals surface area contributed by atoms with Crippen molar-refractivity contribution < 1.29 is 14.2 Å². The Balaban J connectivity index is 2.17. The molecule has 0 spiro atoms. The molecule has 142 valence electrons. The average molecular weight is 378 g/mol. The predicted octanol–water partition coefficient (Wildman–Crippen LogP) is 2.73. The van der Waals surface area contributed by atoms with Gasteiger partial charge in [0.25, 0.3) is 0 Å². The van der Waals surface area contributed by atoms with Gasteiger partial charge in [-0.3, -0.25) is 0 Å². The number of hydrogen-bond donors (Lipinski definition) is 2. The molecule has 26 heavy (non-hydrogen) atoms. The van der Waals surface area contributed by atoms with E-state index in [4.69, 9.17) is 14.2 Å². The molecule has 0 aliphatic heterocycles. The number of aliphatic imine (C=N–C) groups is 1. The first-order valence-corrected chi connectivity index (χ1v) is 9.15. The van der Waals surface area contributed by atoms with Crippen molar-refractivity contribution >= 4 is 17.3 Å². The molecule has 0 saturated carbocycles.